The van der Waals surface area contributed by atoms with Crippen LogP contribution in [0.4, 0.5) is 11.6 Å². The maximum Gasteiger partial charge on any atom is 0.240 e. The molecule has 1 amide bonds. The van der Waals surface area contributed by atoms with Crippen LogP contribution < -0.4 is 11.1 Å². The standard InChI is InChI=1S/C26H25Cl2N7O2/c1-26(14-10-15(27)20(36)16(28)11-14)19-21(29)32-22(33-23(19)34-25(26)37)18-12-35-8-7-30-24(35)17(31-18)9-13-5-3-2-4-6-13/h7-8,10-13,36H,2-6,9H2,1H3,(H3,29,32,33,34,37)/t26-/m0/s1. The van der Waals surface area contributed by atoms with Gasteiger partial charge in [-0.3, -0.25) is 4.79 Å². The molecule has 4 heterocycles. The van der Waals surface area contributed by atoms with E-state index >= 15 is 0 Å². The molecule has 11 heteroatoms. The fourth-order valence-electron chi connectivity index (χ4n) is 5.56. The number of hydrogen-bond acceptors (Lipinski definition) is 7. The summed E-state index contributed by atoms with van der Waals surface area (Å²) in [6, 6.07) is 2.99. The molecule has 0 bridgehead atoms. The lowest BCUT2D eigenvalue weighted by molar-refractivity contribution is -0.119. The predicted octanol–water partition coefficient (Wildman–Crippen LogP) is 5.16. The molecule has 0 unspecified atom stereocenters. The van der Waals surface area contributed by atoms with Crippen LogP contribution in [0, 0.1) is 5.92 Å². The first-order valence-corrected chi connectivity index (χ1v) is 13.0. The van der Waals surface area contributed by atoms with Crippen molar-refractivity contribution in [2.24, 2.45) is 5.92 Å². The van der Waals surface area contributed by atoms with Crippen molar-refractivity contribution in [2.45, 2.75) is 50.9 Å². The van der Waals surface area contributed by atoms with E-state index in [9.17, 15) is 9.90 Å². The molecule has 190 valence electrons. The van der Waals surface area contributed by atoms with Crippen molar-refractivity contribution >= 4 is 46.4 Å². The van der Waals surface area contributed by atoms with Crippen LogP contribution >= 0.6 is 23.2 Å². The van der Waals surface area contributed by atoms with Crippen molar-refractivity contribution in [3.63, 3.8) is 0 Å². The van der Waals surface area contributed by atoms with Gasteiger partial charge in [0.15, 0.2) is 17.2 Å². The normalized spacial score (nSPS) is 19.8. The number of aromatic nitrogens is 5. The van der Waals surface area contributed by atoms with Crippen molar-refractivity contribution in [2.75, 3.05) is 11.1 Å². The molecule has 6 rings (SSSR count). The lowest BCUT2D eigenvalue weighted by Gasteiger charge is -2.24. The average Bonchev–Trinajstić information content (AvgIpc) is 3.46. The predicted molar refractivity (Wildman–Crippen MR) is 142 cm³/mol. The molecule has 2 aliphatic rings. The number of rotatable bonds is 4. The van der Waals surface area contributed by atoms with Crippen molar-refractivity contribution in [1.82, 2.24) is 24.3 Å². The van der Waals surface area contributed by atoms with E-state index < -0.39 is 5.41 Å². The Morgan fingerprint density at radius 1 is 1.16 bits per heavy atom. The van der Waals surface area contributed by atoms with Crippen LogP contribution in [0.3, 0.4) is 0 Å². The van der Waals surface area contributed by atoms with Gasteiger partial charge in [0, 0.05) is 18.6 Å². The van der Waals surface area contributed by atoms with Crippen molar-refractivity contribution in [3.8, 4) is 17.3 Å². The summed E-state index contributed by atoms with van der Waals surface area (Å²) in [5.74, 6) is 0.725. The van der Waals surface area contributed by atoms with Crippen LogP contribution in [-0.4, -0.2) is 35.4 Å². The van der Waals surface area contributed by atoms with Gasteiger partial charge >= 0.3 is 0 Å². The number of nitrogens with two attached hydrogens (primary N) is 1. The fraction of sp³-hybridized carbons (Fsp3) is 0.346. The van der Waals surface area contributed by atoms with Crippen molar-refractivity contribution in [1.29, 1.82) is 0 Å². The molecule has 1 atom stereocenters. The number of hydrogen-bond donors (Lipinski definition) is 3. The van der Waals surface area contributed by atoms with Crippen LogP contribution in [0.2, 0.25) is 10.0 Å². The molecular weight excluding hydrogens is 513 g/mol. The molecule has 1 saturated carbocycles. The second kappa shape index (κ2) is 8.85. The highest BCUT2D eigenvalue weighted by Crippen LogP contribution is 2.47. The minimum atomic E-state index is -1.26. The Balaban J connectivity index is 1.44. The summed E-state index contributed by atoms with van der Waals surface area (Å²) in [7, 11) is 0. The molecule has 1 fully saturated rings. The number of halogens is 2. The van der Waals surface area contributed by atoms with Gasteiger partial charge in [-0.05, 0) is 37.0 Å². The number of anilines is 2. The number of carbonyl (C=O) groups is 1. The van der Waals surface area contributed by atoms with Crippen LogP contribution in [0.15, 0.2) is 30.7 Å². The SMILES string of the molecule is C[C@@]1(c2cc(Cl)c(O)c(Cl)c2)C(=O)Nc2nc(-c3cn4ccnc4c(CC4CCCCC4)n3)nc(N)c21. The largest absolute Gasteiger partial charge is 0.505 e. The number of imidazole rings is 1. The Hall–Kier alpha value is -3.43. The highest BCUT2D eigenvalue weighted by molar-refractivity contribution is 6.37. The molecule has 4 N–H and O–H groups in total. The molecule has 9 nitrogen and oxygen atoms in total. The van der Waals surface area contributed by atoms with Gasteiger partial charge in [0.25, 0.3) is 0 Å². The summed E-state index contributed by atoms with van der Waals surface area (Å²) in [6.45, 7) is 1.70. The number of fused-ring (bicyclic) bond motifs is 2. The zero-order valence-corrected chi connectivity index (χ0v) is 21.6. The molecular formula is C26H25Cl2N7O2. The number of aromatic hydroxyl groups is 1. The molecule has 0 saturated heterocycles. The second-order valence-electron chi connectivity index (χ2n) is 9.96. The number of phenolic OH excluding ortho intramolecular Hbond substituents is 1. The van der Waals surface area contributed by atoms with Crippen LogP contribution in [0.5, 0.6) is 5.75 Å². The third-order valence-electron chi connectivity index (χ3n) is 7.60. The summed E-state index contributed by atoms with van der Waals surface area (Å²) < 4.78 is 1.93. The summed E-state index contributed by atoms with van der Waals surface area (Å²) in [4.78, 5) is 31.9. The highest BCUT2D eigenvalue weighted by Gasteiger charge is 2.48. The second-order valence-corrected chi connectivity index (χ2v) is 10.8. The molecule has 1 aliphatic carbocycles. The van der Waals surface area contributed by atoms with Gasteiger partial charge in [-0.1, -0.05) is 55.3 Å². The summed E-state index contributed by atoms with van der Waals surface area (Å²) in [5.41, 5.74) is 8.37. The first-order valence-electron chi connectivity index (χ1n) is 12.3. The number of amides is 1. The van der Waals surface area contributed by atoms with Gasteiger partial charge in [0.1, 0.15) is 22.7 Å². The quantitative estimate of drug-likeness (QED) is 0.327. The summed E-state index contributed by atoms with van der Waals surface area (Å²) in [5, 5.41) is 12.9. The van der Waals surface area contributed by atoms with E-state index in [1.54, 1.807) is 13.1 Å². The van der Waals surface area contributed by atoms with E-state index in [1.807, 2.05) is 16.8 Å². The lowest BCUT2D eigenvalue weighted by atomic mass is 9.77. The van der Waals surface area contributed by atoms with E-state index in [4.69, 9.17) is 33.9 Å². The molecule has 1 aliphatic heterocycles. The van der Waals surface area contributed by atoms with Crippen LogP contribution in [0.25, 0.3) is 17.2 Å². The maximum atomic E-state index is 13.3. The minimum absolute atomic E-state index is 0.0319. The smallest absolute Gasteiger partial charge is 0.240 e. The first-order chi connectivity index (χ1) is 17.8. The van der Waals surface area contributed by atoms with Gasteiger partial charge in [-0.2, -0.15) is 0 Å². The number of phenols is 1. The monoisotopic (exact) mass is 537 g/mol. The number of carbonyl (C=O) groups excluding carboxylic acids is 1. The number of benzene rings is 1. The van der Waals surface area contributed by atoms with E-state index in [0.29, 0.717) is 34.4 Å². The van der Waals surface area contributed by atoms with E-state index in [-0.39, 0.29) is 27.5 Å². The van der Waals surface area contributed by atoms with Crippen LogP contribution in [0.1, 0.15) is 55.8 Å². The van der Waals surface area contributed by atoms with E-state index in [0.717, 1.165) is 17.8 Å². The number of nitrogens with zero attached hydrogens (tertiary/aromatic N) is 5. The number of nitrogens with one attached hydrogen (secondary N) is 1. The van der Waals surface area contributed by atoms with Gasteiger partial charge in [-0.25, -0.2) is 19.9 Å². The van der Waals surface area contributed by atoms with Gasteiger partial charge < -0.3 is 20.6 Å². The molecule has 3 aromatic heterocycles. The average molecular weight is 538 g/mol. The Morgan fingerprint density at radius 2 is 1.89 bits per heavy atom. The van der Waals surface area contributed by atoms with Crippen molar-refractivity contribution < 1.29 is 9.90 Å². The Bertz CT molecular complexity index is 1540. The summed E-state index contributed by atoms with van der Waals surface area (Å²) >= 11 is 12.3. The van der Waals surface area contributed by atoms with E-state index in [1.165, 1.54) is 44.2 Å². The van der Waals surface area contributed by atoms with Crippen molar-refractivity contribution in [3.05, 3.63) is 57.6 Å². The van der Waals surface area contributed by atoms with E-state index in [2.05, 4.69) is 20.3 Å². The Kier molecular flexibility index (Phi) is 5.72. The zero-order valence-electron chi connectivity index (χ0n) is 20.1. The number of nitrogen functional groups attached to an aromatic ring is 1. The fourth-order valence-corrected chi connectivity index (χ4v) is 6.04. The Morgan fingerprint density at radius 3 is 2.62 bits per heavy atom. The maximum absolute atomic E-state index is 13.3. The first kappa shape index (κ1) is 23.9. The van der Waals surface area contributed by atoms with Crippen LogP contribution in [-0.2, 0) is 16.6 Å². The van der Waals surface area contributed by atoms with Gasteiger partial charge in [0.2, 0.25) is 5.91 Å². The topological polar surface area (TPSA) is 131 Å². The minimum Gasteiger partial charge on any atom is -0.505 e. The Labute approximate surface area is 223 Å². The third kappa shape index (κ3) is 3.88. The highest BCUT2D eigenvalue weighted by atomic mass is 35.5. The molecule has 1 aromatic carbocycles. The molecule has 0 radical (unpaired) electrons. The lowest BCUT2D eigenvalue weighted by Crippen LogP contribution is -2.33. The molecule has 4 aromatic rings. The van der Waals surface area contributed by atoms with Gasteiger partial charge in [0.05, 0.1) is 21.3 Å². The zero-order chi connectivity index (χ0) is 25.9. The molecule has 37 heavy (non-hydrogen) atoms. The molecule has 0 spiro atoms. The third-order valence-corrected chi connectivity index (χ3v) is 8.17. The summed E-state index contributed by atoms with van der Waals surface area (Å²) in [6.07, 6.45) is 12.5. The van der Waals surface area contributed by atoms with Gasteiger partial charge in [-0.15, -0.1) is 0 Å².